The summed E-state index contributed by atoms with van der Waals surface area (Å²) in [5.74, 6) is -0.505. The molecule has 0 aliphatic carbocycles. The number of rotatable bonds is 7. The number of alkyl halides is 1. The van der Waals surface area contributed by atoms with Gasteiger partial charge in [-0.15, -0.1) is 0 Å². The molecule has 28 heavy (non-hydrogen) atoms. The van der Waals surface area contributed by atoms with Crippen LogP contribution in [-0.4, -0.2) is 33.4 Å². The molecule has 6 heteroatoms. The Morgan fingerprint density at radius 1 is 1.21 bits per heavy atom. The van der Waals surface area contributed by atoms with Gasteiger partial charge in [0.15, 0.2) is 0 Å². The number of aliphatic hydroxyl groups excluding tert-OH is 1. The van der Waals surface area contributed by atoms with Crippen LogP contribution in [0.15, 0.2) is 54.6 Å². The van der Waals surface area contributed by atoms with Crippen molar-refractivity contribution in [2.45, 2.75) is 43.2 Å². The van der Waals surface area contributed by atoms with Crippen molar-refractivity contribution in [3.63, 3.8) is 0 Å². The summed E-state index contributed by atoms with van der Waals surface area (Å²) in [4.78, 5) is 25.5. The zero-order chi connectivity index (χ0) is 20.1. The SMILES string of the molecule is CCCCc1ccccc1[C@H](O)[C@H](Br)C(=O)N1C(=O)OC[C@@H]1c1ccccc1. The lowest BCUT2D eigenvalue weighted by atomic mass is 9.96. The molecule has 2 amide bonds. The fourth-order valence-electron chi connectivity index (χ4n) is 3.43. The Bertz CT molecular complexity index is 826. The molecule has 0 bridgehead atoms. The molecule has 2 aromatic carbocycles. The maximum atomic E-state index is 13.1. The number of benzene rings is 2. The monoisotopic (exact) mass is 445 g/mol. The van der Waals surface area contributed by atoms with Gasteiger partial charge in [0.1, 0.15) is 23.6 Å². The molecule has 1 aliphatic rings. The molecule has 3 atom stereocenters. The third kappa shape index (κ3) is 4.28. The minimum Gasteiger partial charge on any atom is -0.446 e. The molecular formula is C22H24BrNO4. The second kappa shape index (κ2) is 9.34. The average molecular weight is 446 g/mol. The lowest BCUT2D eigenvalue weighted by Crippen LogP contribution is -2.41. The van der Waals surface area contributed by atoms with E-state index < -0.39 is 29.0 Å². The zero-order valence-corrected chi connectivity index (χ0v) is 17.3. The predicted molar refractivity (Wildman–Crippen MR) is 110 cm³/mol. The van der Waals surface area contributed by atoms with Crippen LogP contribution in [0.25, 0.3) is 0 Å². The average Bonchev–Trinajstić information content (AvgIpc) is 3.12. The second-order valence-electron chi connectivity index (χ2n) is 6.86. The van der Waals surface area contributed by atoms with Gasteiger partial charge in [-0.3, -0.25) is 4.79 Å². The largest absolute Gasteiger partial charge is 0.446 e. The summed E-state index contributed by atoms with van der Waals surface area (Å²) >= 11 is 3.34. The number of carbonyl (C=O) groups excluding carboxylic acids is 2. The van der Waals surface area contributed by atoms with Crippen LogP contribution in [0.4, 0.5) is 4.79 Å². The minimum absolute atomic E-state index is 0.109. The smallest absolute Gasteiger partial charge is 0.417 e. The van der Waals surface area contributed by atoms with Crippen LogP contribution >= 0.6 is 15.9 Å². The van der Waals surface area contributed by atoms with E-state index >= 15 is 0 Å². The van der Waals surface area contributed by atoms with Crippen LogP contribution in [0.5, 0.6) is 0 Å². The summed E-state index contributed by atoms with van der Waals surface area (Å²) in [7, 11) is 0. The van der Waals surface area contributed by atoms with Gasteiger partial charge in [-0.1, -0.05) is 83.9 Å². The molecule has 1 aliphatic heterocycles. The fraction of sp³-hybridized carbons (Fsp3) is 0.364. The van der Waals surface area contributed by atoms with Crippen molar-refractivity contribution < 1.29 is 19.4 Å². The number of unbranched alkanes of at least 4 members (excludes halogenated alkanes) is 1. The van der Waals surface area contributed by atoms with Gasteiger partial charge in [-0.05, 0) is 29.5 Å². The highest BCUT2D eigenvalue weighted by Crippen LogP contribution is 2.33. The Hall–Kier alpha value is -2.18. The molecule has 148 valence electrons. The van der Waals surface area contributed by atoms with E-state index in [-0.39, 0.29) is 6.61 Å². The van der Waals surface area contributed by atoms with E-state index in [2.05, 4.69) is 22.9 Å². The standard InChI is InChI=1S/C22H24BrNO4/c1-2-3-9-15-10-7-8-13-17(15)20(25)19(23)21(26)24-18(14-28-22(24)27)16-11-5-4-6-12-16/h4-8,10-13,18-20,25H,2-3,9,14H2,1H3/t18-,19+,20+/m1/s1. The highest BCUT2D eigenvalue weighted by Gasteiger charge is 2.43. The molecule has 1 N–H and O–H groups in total. The highest BCUT2D eigenvalue weighted by molar-refractivity contribution is 9.10. The summed E-state index contributed by atoms with van der Waals surface area (Å²) in [5.41, 5.74) is 2.53. The zero-order valence-electron chi connectivity index (χ0n) is 15.8. The van der Waals surface area contributed by atoms with E-state index in [1.54, 1.807) is 0 Å². The van der Waals surface area contributed by atoms with Gasteiger partial charge in [0.2, 0.25) is 5.91 Å². The third-order valence-electron chi connectivity index (χ3n) is 4.98. The Morgan fingerprint density at radius 3 is 2.61 bits per heavy atom. The predicted octanol–water partition coefficient (Wildman–Crippen LogP) is 4.55. The number of cyclic esters (lactones) is 1. The molecule has 0 unspecified atom stereocenters. The summed E-state index contributed by atoms with van der Waals surface area (Å²) in [6.07, 6.45) is 1.12. The maximum Gasteiger partial charge on any atom is 0.417 e. The maximum absolute atomic E-state index is 13.1. The van der Waals surface area contributed by atoms with Gasteiger partial charge in [0, 0.05) is 0 Å². The van der Waals surface area contributed by atoms with Crippen molar-refractivity contribution in [1.29, 1.82) is 0 Å². The summed E-state index contributed by atoms with van der Waals surface area (Å²) in [5, 5.41) is 10.9. The number of hydrogen-bond donors (Lipinski definition) is 1. The summed E-state index contributed by atoms with van der Waals surface area (Å²) in [6, 6.07) is 16.4. The third-order valence-corrected chi connectivity index (χ3v) is 5.87. The van der Waals surface area contributed by atoms with Crippen LogP contribution in [-0.2, 0) is 16.0 Å². The van der Waals surface area contributed by atoms with Crippen molar-refractivity contribution in [3.05, 3.63) is 71.3 Å². The first kappa shape index (κ1) is 20.6. The number of nitrogens with zero attached hydrogens (tertiary/aromatic N) is 1. The molecule has 3 rings (SSSR count). The van der Waals surface area contributed by atoms with E-state index in [0.29, 0.717) is 5.56 Å². The van der Waals surface area contributed by atoms with Gasteiger partial charge >= 0.3 is 6.09 Å². The Balaban J connectivity index is 1.82. The normalized spacial score (nSPS) is 18.6. The van der Waals surface area contributed by atoms with Gasteiger partial charge in [-0.2, -0.15) is 0 Å². The van der Waals surface area contributed by atoms with Crippen LogP contribution in [0.2, 0.25) is 0 Å². The van der Waals surface area contributed by atoms with Gasteiger partial charge in [-0.25, -0.2) is 9.69 Å². The van der Waals surface area contributed by atoms with Crippen molar-refractivity contribution >= 4 is 27.9 Å². The molecule has 0 aromatic heterocycles. The van der Waals surface area contributed by atoms with Crippen molar-refractivity contribution in [1.82, 2.24) is 4.90 Å². The first-order chi connectivity index (χ1) is 13.5. The summed E-state index contributed by atoms with van der Waals surface area (Å²) < 4.78 is 5.13. The van der Waals surface area contributed by atoms with Crippen molar-refractivity contribution in [3.8, 4) is 0 Å². The molecule has 1 saturated heterocycles. The van der Waals surface area contributed by atoms with Crippen LogP contribution in [0, 0.1) is 0 Å². The fourth-order valence-corrected chi connectivity index (χ4v) is 3.93. The highest BCUT2D eigenvalue weighted by atomic mass is 79.9. The lowest BCUT2D eigenvalue weighted by molar-refractivity contribution is -0.130. The number of carbonyl (C=O) groups is 2. The molecule has 0 radical (unpaired) electrons. The molecule has 0 saturated carbocycles. The van der Waals surface area contributed by atoms with E-state index in [4.69, 9.17) is 4.74 Å². The van der Waals surface area contributed by atoms with Crippen LogP contribution < -0.4 is 0 Å². The summed E-state index contributed by atoms with van der Waals surface area (Å²) in [6.45, 7) is 2.22. The van der Waals surface area contributed by atoms with E-state index in [1.165, 1.54) is 0 Å². The first-order valence-electron chi connectivity index (χ1n) is 9.49. The minimum atomic E-state index is -1.06. The van der Waals surface area contributed by atoms with Crippen molar-refractivity contribution in [2.24, 2.45) is 0 Å². The Labute approximate surface area is 173 Å². The topological polar surface area (TPSA) is 66.8 Å². The van der Waals surface area contributed by atoms with E-state index in [1.807, 2.05) is 54.6 Å². The molecule has 2 aromatic rings. The van der Waals surface area contributed by atoms with Crippen LogP contribution in [0.1, 0.15) is 48.6 Å². The molecular weight excluding hydrogens is 422 g/mol. The van der Waals surface area contributed by atoms with Crippen molar-refractivity contribution in [2.75, 3.05) is 6.61 Å². The lowest BCUT2D eigenvalue weighted by Gasteiger charge is -2.26. The molecule has 0 spiro atoms. The Kier molecular flexibility index (Phi) is 6.86. The van der Waals surface area contributed by atoms with E-state index in [0.717, 1.165) is 35.3 Å². The number of aliphatic hydroxyl groups is 1. The number of ether oxygens (including phenoxy) is 1. The molecule has 1 fully saturated rings. The molecule has 1 heterocycles. The van der Waals surface area contributed by atoms with Crippen LogP contribution in [0.3, 0.4) is 0 Å². The number of hydrogen-bond acceptors (Lipinski definition) is 4. The number of imide groups is 1. The first-order valence-corrected chi connectivity index (χ1v) is 10.4. The van der Waals surface area contributed by atoms with E-state index in [9.17, 15) is 14.7 Å². The van der Waals surface area contributed by atoms with Gasteiger partial charge in [0.05, 0.1) is 0 Å². The second-order valence-corrected chi connectivity index (χ2v) is 7.85. The molecule has 5 nitrogen and oxygen atoms in total. The number of aryl methyl sites for hydroxylation is 1. The number of amides is 2. The number of halogens is 1. The van der Waals surface area contributed by atoms with Gasteiger partial charge in [0.25, 0.3) is 0 Å². The Morgan fingerprint density at radius 2 is 1.89 bits per heavy atom. The quantitative estimate of drug-likeness (QED) is 0.634. The van der Waals surface area contributed by atoms with Gasteiger partial charge < -0.3 is 9.84 Å².